The molecular formula is C27H46N2O8S. The number of hydrogen-bond donors (Lipinski definition) is 6. The van der Waals surface area contributed by atoms with E-state index < -0.39 is 35.9 Å². The smallest absolute Gasteiger partial charge is 0.290 e. The van der Waals surface area contributed by atoms with Gasteiger partial charge in [-0.2, -0.15) is 0 Å². The van der Waals surface area contributed by atoms with Crippen molar-refractivity contribution < 1.29 is 39.6 Å². The predicted molar refractivity (Wildman–Crippen MR) is 144 cm³/mol. The summed E-state index contributed by atoms with van der Waals surface area (Å²) in [5, 5.41) is 42.1. The summed E-state index contributed by atoms with van der Waals surface area (Å²) in [7, 11) is 0. The highest BCUT2D eigenvalue weighted by Crippen LogP contribution is 2.40. The number of rotatable bonds is 4. The number of carbonyl (C=O) groups is 2. The lowest BCUT2D eigenvalue weighted by Gasteiger charge is -2.44. The van der Waals surface area contributed by atoms with Gasteiger partial charge in [-0.25, -0.2) is 5.48 Å². The number of hydrogen-bond acceptors (Lipinski definition) is 9. The summed E-state index contributed by atoms with van der Waals surface area (Å²) >= 11 is 1.45. The maximum Gasteiger partial charge on any atom is 0.290 e. The van der Waals surface area contributed by atoms with Crippen LogP contribution in [-0.2, 0) is 19.2 Å². The van der Waals surface area contributed by atoms with Crippen LogP contribution in [0.1, 0.15) is 59.3 Å². The summed E-state index contributed by atoms with van der Waals surface area (Å²) < 4.78 is 6.17. The molecule has 4 rings (SSSR count). The van der Waals surface area contributed by atoms with E-state index in [1.165, 1.54) is 11.8 Å². The number of allylic oxidation sites excluding steroid dienone is 1. The normalized spacial score (nSPS) is 42.4. The number of ether oxygens (including phenoxy) is 1. The molecule has 1 amide bonds. The third kappa shape index (κ3) is 7.71. The fourth-order valence-electron chi connectivity index (χ4n) is 6.34. The summed E-state index contributed by atoms with van der Waals surface area (Å²) in [5.41, 5.74) is 2.42. The zero-order valence-corrected chi connectivity index (χ0v) is 23.5. The molecule has 1 unspecified atom stereocenters. The van der Waals surface area contributed by atoms with E-state index in [4.69, 9.17) is 19.5 Å². The van der Waals surface area contributed by atoms with E-state index in [-0.39, 0.29) is 30.3 Å². The number of amides is 1. The molecule has 6 N–H and O–H groups in total. The lowest BCUT2D eigenvalue weighted by Crippen LogP contribution is -2.64. The number of nitrogens with one attached hydrogen (secondary N) is 2. The molecule has 2 bridgehead atoms. The standard InChI is InChI=1S/C26H44N2O6S.CH2O2/c1-14(2)12-16-9-7-10-17(23-18(16)13-27-34-23)25(32)28-19-15(3)8-5-4-6-11-35-26-22(31)20(29)21(30)24(19)33-26;2-1-3/h5,8,14-24,26-27,29-31H,4,6-7,9-13H2,1-3H3,(H,28,32);1H,(H,2,3)/b8-5-;/t15-,16+,17+,18?,19-,20+,21-,22-,23+,24-,26-;/m1./s1. The second-order valence-corrected chi connectivity index (χ2v) is 12.6. The first-order chi connectivity index (χ1) is 18.2. The van der Waals surface area contributed by atoms with Gasteiger partial charge in [-0.15, -0.1) is 11.8 Å². The molecule has 0 radical (unpaired) electrons. The maximum absolute atomic E-state index is 13.8. The number of thioether (sulfide) groups is 1. The van der Waals surface area contributed by atoms with E-state index in [2.05, 4.69) is 36.8 Å². The summed E-state index contributed by atoms with van der Waals surface area (Å²) in [4.78, 5) is 28.1. The molecule has 11 heteroatoms. The molecule has 2 saturated heterocycles. The van der Waals surface area contributed by atoms with Gasteiger partial charge < -0.3 is 30.5 Å². The fraction of sp³-hybridized carbons (Fsp3) is 0.852. The molecule has 0 aromatic rings. The van der Waals surface area contributed by atoms with Crippen LogP contribution < -0.4 is 10.8 Å². The van der Waals surface area contributed by atoms with Crippen molar-refractivity contribution in [2.24, 2.45) is 29.6 Å². The summed E-state index contributed by atoms with van der Waals surface area (Å²) in [5.74, 6) is 1.71. The van der Waals surface area contributed by atoms with Gasteiger partial charge in [0.25, 0.3) is 6.47 Å². The highest BCUT2D eigenvalue weighted by Gasteiger charge is 2.50. The molecule has 38 heavy (non-hydrogen) atoms. The van der Waals surface area contributed by atoms with Crippen molar-refractivity contribution >= 4 is 24.1 Å². The van der Waals surface area contributed by atoms with E-state index in [9.17, 15) is 20.1 Å². The van der Waals surface area contributed by atoms with Crippen LogP contribution in [0, 0.1) is 29.6 Å². The van der Waals surface area contributed by atoms with Crippen molar-refractivity contribution in [2.45, 2.75) is 101 Å². The second kappa shape index (κ2) is 15.0. The van der Waals surface area contributed by atoms with Gasteiger partial charge in [0.05, 0.1) is 18.1 Å². The van der Waals surface area contributed by atoms with Crippen molar-refractivity contribution in [3.05, 3.63) is 12.2 Å². The van der Waals surface area contributed by atoms with Crippen molar-refractivity contribution in [1.29, 1.82) is 0 Å². The zero-order valence-electron chi connectivity index (χ0n) is 22.6. The molecule has 0 aromatic carbocycles. The molecular weight excluding hydrogens is 512 g/mol. The number of hydroxylamine groups is 1. The van der Waals surface area contributed by atoms with Crippen molar-refractivity contribution in [3.8, 4) is 0 Å². The number of fused-ring (bicyclic) bond motifs is 3. The predicted octanol–water partition coefficient (Wildman–Crippen LogP) is 1.68. The minimum atomic E-state index is -1.33. The van der Waals surface area contributed by atoms with E-state index in [1.807, 2.05) is 6.92 Å². The first-order valence-corrected chi connectivity index (χ1v) is 15.0. The van der Waals surface area contributed by atoms with Crippen molar-refractivity contribution in [2.75, 3.05) is 12.3 Å². The van der Waals surface area contributed by atoms with Crippen LogP contribution in [0.4, 0.5) is 0 Å². The van der Waals surface area contributed by atoms with Gasteiger partial charge in [0, 0.05) is 12.5 Å². The van der Waals surface area contributed by atoms with Crippen LogP contribution in [0.3, 0.4) is 0 Å². The Morgan fingerprint density at radius 2 is 1.89 bits per heavy atom. The largest absolute Gasteiger partial charge is 0.483 e. The maximum atomic E-state index is 13.8. The third-order valence-corrected chi connectivity index (χ3v) is 9.48. The Balaban J connectivity index is 0.00000127. The third-order valence-electron chi connectivity index (χ3n) is 8.24. The minimum absolute atomic E-state index is 0.0883. The molecule has 3 aliphatic heterocycles. The molecule has 10 nitrogen and oxygen atoms in total. The van der Waals surface area contributed by atoms with Crippen LogP contribution in [0.15, 0.2) is 12.2 Å². The van der Waals surface area contributed by atoms with Gasteiger partial charge in [0.15, 0.2) is 0 Å². The first-order valence-electron chi connectivity index (χ1n) is 13.9. The minimum Gasteiger partial charge on any atom is -0.483 e. The van der Waals surface area contributed by atoms with Gasteiger partial charge >= 0.3 is 0 Å². The van der Waals surface area contributed by atoms with E-state index in [0.717, 1.165) is 50.8 Å². The number of aliphatic hydroxyl groups excluding tert-OH is 3. The Hall–Kier alpha value is -1.21. The Morgan fingerprint density at radius 1 is 1.16 bits per heavy atom. The van der Waals surface area contributed by atoms with Gasteiger partial charge in [-0.3, -0.25) is 14.4 Å². The molecule has 11 atom stereocenters. The fourth-order valence-corrected chi connectivity index (χ4v) is 7.47. The van der Waals surface area contributed by atoms with Gasteiger partial charge in [0.2, 0.25) is 5.91 Å². The van der Waals surface area contributed by atoms with E-state index in [1.54, 1.807) is 0 Å². The lowest BCUT2D eigenvalue weighted by atomic mass is 9.79. The molecule has 0 spiro atoms. The average Bonchev–Trinajstić information content (AvgIpc) is 3.28. The van der Waals surface area contributed by atoms with Crippen LogP contribution in [-0.4, -0.2) is 87.1 Å². The van der Waals surface area contributed by atoms with Crippen LogP contribution in [0.2, 0.25) is 0 Å². The van der Waals surface area contributed by atoms with Gasteiger partial charge in [-0.1, -0.05) is 39.3 Å². The molecule has 218 valence electrons. The van der Waals surface area contributed by atoms with Gasteiger partial charge in [0.1, 0.15) is 29.9 Å². The molecule has 3 heterocycles. The van der Waals surface area contributed by atoms with Gasteiger partial charge in [-0.05, 0) is 55.6 Å². The lowest BCUT2D eigenvalue weighted by molar-refractivity contribution is -0.207. The molecule has 1 saturated carbocycles. The Morgan fingerprint density at radius 3 is 2.61 bits per heavy atom. The Labute approximate surface area is 229 Å². The SMILES string of the molecule is CC(C)C[C@@H]1CCC[C@H](C(=O)N[C@H]2[C@H]3O[C@H](SCCC/C=C\[C@H]2C)[C@H](O)[C@@H](O)[C@H]3O)[C@@H]2ONCC12.O=CO. The quantitative estimate of drug-likeness (QED) is 0.222. The van der Waals surface area contributed by atoms with E-state index in [0.29, 0.717) is 17.8 Å². The highest BCUT2D eigenvalue weighted by molar-refractivity contribution is 7.99. The number of carboxylic acid groups (broad SMARTS) is 1. The summed E-state index contributed by atoms with van der Waals surface area (Å²) in [6.07, 6.45) is 5.15. The van der Waals surface area contributed by atoms with Crippen molar-refractivity contribution in [1.82, 2.24) is 10.8 Å². The van der Waals surface area contributed by atoms with Crippen LogP contribution in [0.25, 0.3) is 0 Å². The van der Waals surface area contributed by atoms with E-state index >= 15 is 0 Å². The van der Waals surface area contributed by atoms with Crippen LogP contribution >= 0.6 is 11.8 Å². The first kappa shape index (κ1) is 31.3. The Kier molecular flexibility index (Phi) is 12.3. The van der Waals surface area contributed by atoms with Crippen molar-refractivity contribution in [3.63, 3.8) is 0 Å². The zero-order chi connectivity index (χ0) is 27.8. The number of aliphatic hydroxyl groups is 3. The molecule has 4 aliphatic rings. The summed E-state index contributed by atoms with van der Waals surface area (Å²) in [6.45, 7) is 7.01. The molecule has 1 aliphatic carbocycles. The topological polar surface area (TPSA) is 158 Å². The molecule has 3 fully saturated rings. The number of carbonyl (C=O) groups excluding carboxylic acids is 1. The highest BCUT2D eigenvalue weighted by atomic mass is 32.2. The molecule has 0 aromatic heterocycles. The monoisotopic (exact) mass is 558 g/mol. The second-order valence-electron chi connectivity index (χ2n) is 11.4. The summed E-state index contributed by atoms with van der Waals surface area (Å²) in [6, 6.07) is -0.542. The average molecular weight is 559 g/mol. The van der Waals surface area contributed by atoms with Crippen LogP contribution in [0.5, 0.6) is 0 Å². The Bertz CT molecular complexity index is 786.